The van der Waals surface area contributed by atoms with Crippen molar-refractivity contribution in [1.82, 2.24) is 0 Å². The molecule has 43 heavy (non-hydrogen) atoms. The SMILES string of the molecule is Cc1ccc(N=Nc2ccc(NC(=O)[C@@H](OC(=O)c3ccc(C)cc3)[C@H](OC(=O)c3ccc(C)cc3)C(=O)O)cc2)cc1. The molecule has 0 bridgehead atoms. The predicted octanol–water partition coefficient (Wildman–Crippen LogP) is 6.50. The zero-order valence-electron chi connectivity index (χ0n) is 23.7. The summed E-state index contributed by atoms with van der Waals surface area (Å²) in [6, 6.07) is 26.2. The molecule has 0 saturated heterocycles. The number of carboxylic acids is 1. The third-order valence-electron chi connectivity index (χ3n) is 6.27. The van der Waals surface area contributed by atoms with Gasteiger partial charge in [0.15, 0.2) is 0 Å². The van der Waals surface area contributed by atoms with E-state index < -0.39 is 36.0 Å². The summed E-state index contributed by atoms with van der Waals surface area (Å²) in [6.45, 7) is 5.61. The van der Waals surface area contributed by atoms with Crippen LogP contribution in [0.4, 0.5) is 17.1 Å². The van der Waals surface area contributed by atoms with Crippen molar-refractivity contribution in [3.05, 3.63) is 125 Å². The molecule has 4 aromatic carbocycles. The fourth-order valence-electron chi connectivity index (χ4n) is 3.79. The van der Waals surface area contributed by atoms with Crippen molar-refractivity contribution in [2.24, 2.45) is 10.2 Å². The van der Waals surface area contributed by atoms with Gasteiger partial charge < -0.3 is 19.9 Å². The number of amides is 1. The standard InChI is InChI=1S/C33H29N3O7/c1-20-4-10-23(11-5-20)32(40)42-28(29(31(38)39)43-33(41)24-12-6-21(2)7-13-24)30(37)34-25-16-18-27(19-17-25)36-35-26-14-8-22(3)9-15-26/h4-19,28-29H,1-3H3,(H,34,37)(H,38,39)/t28-,29-/m0/s1. The van der Waals surface area contributed by atoms with Crippen LogP contribution in [-0.4, -0.2) is 41.1 Å². The number of hydrogen-bond acceptors (Lipinski definition) is 8. The number of carboxylic acid groups (broad SMARTS) is 1. The highest BCUT2D eigenvalue weighted by atomic mass is 16.6. The Hall–Kier alpha value is -5.64. The number of nitrogens with zero attached hydrogens (tertiary/aromatic N) is 2. The van der Waals surface area contributed by atoms with E-state index in [0.29, 0.717) is 11.4 Å². The molecule has 0 aliphatic rings. The molecule has 0 aliphatic heterocycles. The van der Waals surface area contributed by atoms with Gasteiger partial charge in [0.05, 0.1) is 22.5 Å². The van der Waals surface area contributed by atoms with Crippen LogP contribution in [0.3, 0.4) is 0 Å². The molecule has 0 radical (unpaired) electrons. The van der Waals surface area contributed by atoms with E-state index in [1.165, 1.54) is 36.4 Å². The molecule has 0 saturated carbocycles. The first-order valence-electron chi connectivity index (χ1n) is 13.3. The second-order valence-electron chi connectivity index (χ2n) is 9.79. The number of benzene rings is 4. The molecule has 0 unspecified atom stereocenters. The van der Waals surface area contributed by atoms with E-state index in [1.807, 2.05) is 45.0 Å². The van der Waals surface area contributed by atoms with Crippen molar-refractivity contribution in [3.8, 4) is 0 Å². The zero-order chi connectivity index (χ0) is 30.9. The molecule has 2 atom stereocenters. The van der Waals surface area contributed by atoms with Gasteiger partial charge in [-0.15, -0.1) is 0 Å². The Balaban J connectivity index is 1.55. The van der Waals surface area contributed by atoms with E-state index in [9.17, 15) is 24.3 Å². The lowest BCUT2D eigenvalue weighted by atomic mass is 10.1. The summed E-state index contributed by atoms with van der Waals surface area (Å²) in [6.07, 6.45) is -4.17. The number of azo groups is 1. The zero-order valence-corrected chi connectivity index (χ0v) is 23.7. The highest BCUT2D eigenvalue weighted by Crippen LogP contribution is 2.22. The van der Waals surface area contributed by atoms with E-state index in [0.717, 1.165) is 16.7 Å². The smallest absolute Gasteiger partial charge is 0.349 e. The highest BCUT2D eigenvalue weighted by molar-refractivity contribution is 6.01. The quantitative estimate of drug-likeness (QED) is 0.161. The second-order valence-corrected chi connectivity index (χ2v) is 9.79. The Kier molecular flexibility index (Phi) is 9.74. The number of rotatable bonds is 10. The Labute approximate surface area is 248 Å². The number of nitrogens with one attached hydrogen (secondary N) is 1. The van der Waals surface area contributed by atoms with Gasteiger partial charge in [-0.25, -0.2) is 14.4 Å². The molecule has 0 aliphatic carbocycles. The van der Waals surface area contributed by atoms with Gasteiger partial charge in [-0.05, 0) is 81.4 Å². The van der Waals surface area contributed by atoms with Crippen molar-refractivity contribution >= 4 is 40.9 Å². The number of esters is 2. The molecule has 0 heterocycles. The van der Waals surface area contributed by atoms with E-state index in [4.69, 9.17) is 9.47 Å². The third-order valence-corrected chi connectivity index (χ3v) is 6.27. The topological polar surface area (TPSA) is 144 Å². The molecular formula is C33H29N3O7. The molecule has 0 spiro atoms. The van der Waals surface area contributed by atoms with Crippen LogP contribution in [0, 0.1) is 20.8 Å². The maximum atomic E-state index is 13.4. The van der Waals surface area contributed by atoms with Crippen LogP contribution in [0.25, 0.3) is 0 Å². The van der Waals surface area contributed by atoms with Crippen molar-refractivity contribution in [1.29, 1.82) is 0 Å². The summed E-state index contributed by atoms with van der Waals surface area (Å²) in [4.78, 5) is 51.4. The number of aryl methyl sites for hydroxylation is 3. The second kappa shape index (κ2) is 13.8. The maximum absolute atomic E-state index is 13.4. The largest absolute Gasteiger partial charge is 0.478 e. The molecule has 4 rings (SSSR count). The highest BCUT2D eigenvalue weighted by Gasteiger charge is 2.41. The normalized spacial score (nSPS) is 12.3. The van der Waals surface area contributed by atoms with Gasteiger partial charge >= 0.3 is 17.9 Å². The summed E-state index contributed by atoms with van der Waals surface area (Å²) < 4.78 is 10.6. The van der Waals surface area contributed by atoms with Crippen molar-refractivity contribution in [3.63, 3.8) is 0 Å². The molecule has 2 N–H and O–H groups in total. The lowest BCUT2D eigenvalue weighted by Gasteiger charge is -2.23. The molecule has 1 amide bonds. The van der Waals surface area contributed by atoms with Crippen LogP contribution in [0.1, 0.15) is 37.4 Å². The lowest BCUT2D eigenvalue weighted by Crippen LogP contribution is -2.48. The number of hydrogen-bond donors (Lipinski definition) is 2. The van der Waals surface area contributed by atoms with E-state index >= 15 is 0 Å². The average Bonchev–Trinajstić information content (AvgIpc) is 2.99. The Morgan fingerprint density at radius 2 is 0.953 bits per heavy atom. The van der Waals surface area contributed by atoms with Crippen LogP contribution in [0.5, 0.6) is 0 Å². The molecule has 0 fully saturated rings. The van der Waals surface area contributed by atoms with E-state index in [-0.39, 0.29) is 16.8 Å². The van der Waals surface area contributed by atoms with Gasteiger partial charge in [-0.2, -0.15) is 10.2 Å². The first-order valence-corrected chi connectivity index (χ1v) is 13.3. The summed E-state index contributed by atoms with van der Waals surface area (Å²) in [5.41, 5.74) is 4.41. The summed E-state index contributed by atoms with van der Waals surface area (Å²) in [7, 11) is 0. The van der Waals surface area contributed by atoms with Crippen LogP contribution < -0.4 is 5.32 Å². The summed E-state index contributed by atoms with van der Waals surface area (Å²) in [5.74, 6) is -4.66. The molecular weight excluding hydrogens is 550 g/mol. The van der Waals surface area contributed by atoms with E-state index in [1.54, 1.807) is 36.4 Å². The molecule has 10 nitrogen and oxygen atoms in total. The van der Waals surface area contributed by atoms with Gasteiger partial charge in [0, 0.05) is 5.69 Å². The van der Waals surface area contributed by atoms with Crippen LogP contribution in [0.15, 0.2) is 107 Å². The minimum absolute atomic E-state index is 0.0660. The lowest BCUT2D eigenvalue weighted by molar-refractivity contribution is -0.157. The van der Waals surface area contributed by atoms with Gasteiger partial charge in [0.25, 0.3) is 5.91 Å². The predicted molar refractivity (Wildman–Crippen MR) is 159 cm³/mol. The third kappa shape index (κ3) is 8.43. The Morgan fingerprint density at radius 1 is 0.581 bits per heavy atom. The van der Waals surface area contributed by atoms with Crippen LogP contribution >= 0.6 is 0 Å². The fraction of sp³-hybridized carbons (Fsp3) is 0.152. The Bertz CT molecular complexity index is 1630. The first kappa shape index (κ1) is 30.3. The maximum Gasteiger partial charge on any atom is 0.349 e. The monoisotopic (exact) mass is 579 g/mol. The molecule has 218 valence electrons. The number of carbonyl (C=O) groups is 4. The van der Waals surface area contributed by atoms with Gasteiger partial charge in [0.1, 0.15) is 0 Å². The number of ether oxygens (including phenoxy) is 2. The number of anilines is 1. The number of carbonyl (C=O) groups excluding carboxylic acids is 3. The minimum Gasteiger partial charge on any atom is -0.478 e. The molecule has 10 heteroatoms. The summed E-state index contributed by atoms with van der Waals surface area (Å²) >= 11 is 0. The van der Waals surface area contributed by atoms with Gasteiger partial charge in [-0.1, -0.05) is 53.1 Å². The van der Waals surface area contributed by atoms with E-state index in [2.05, 4.69) is 15.5 Å². The van der Waals surface area contributed by atoms with Crippen molar-refractivity contribution < 1.29 is 33.8 Å². The Morgan fingerprint density at radius 3 is 1.37 bits per heavy atom. The van der Waals surface area contributed by atoms with Crippen molar-refractivity contribution in [2.75, 3.05) is 5.32 Å². The summed E-state index contributed by atoms with van der Waals surface area (Å²) in [5, 5.41) is 20.8. The van der Waals surface area contributed by atoms with Gasteiger partial charge in [0.2, 0.25) is 12.2 Å². The van der Waals surface area contributed by atoms with Crippen LogP contribution in [-0.2, 0) is 19.1 Å². The van der Waals surface area contributed by atoms with Gasteiger partial charge in [-0.3, -0.25) is 4.79 Å². The average molecular weight is 580 g/mol. The fourth-order valence-corrected chi connectivity index (χ4v) is 3.79. The number of aliphatic carboxylic acids is 1. The first-order chi connectivity index (χ1) is 20.6. The molecule has 4 aromatic rings. The molecule has 0 aromatic heterocycles. The minimum atomic E-state index is -2.15. The van der Waals surface area contributed by atoms with Crippen molar-refractivity contribution in [2.45, 2.75) is 33.0 Å². The van der Waals surface area contributed by atoms with Crippen LogP contribution in [0.2, 0.25) is 0 Å².